The number of aromatic nitrogens is 2. The molecule has 1 heterocycles. The summed E-state index contributed by atoms with van der Waals surface area (Å²) in [5, 5.41) is 6.72. The number of nitrogens with zero attached hydrogens (tertiary/aromatic N) is 2. The van der Waals surface area contributed by atoms with E-state index in [2.05, 4.69) is 17.3 Å². The highest BCUT2D eigenvalue weighted by molar-refractivity contribution is 5.82. The highest BCUT2D eigenvalue weighted by atomic mass is 16.5. The van der Waals surface area contributed by atoms with Gasteiger partial charge in [-0.3, -0.25) is 9.48 Å². The Kier molecular flexibility index (Phi) is 6.38. The predicted octanol–water partition coefficient (Wildman–Crippen LogP) is 0.353. The van der Waals surface area contributed by atoms with Gasteiger partial charge in [-0.05, 0) is 6.42 Å². The summed E-state index contributed by atoms with van der Waals surface area (Å²) in [6, 6.07) is -0.672. The Morgan fingerprint density at radius 1 is 1.61 bits per heavy atom. The Morgan fingerprint density at radius 3 is 3.00 bits per heavy atom. The molecule has 0 spiro atoms. The molecule has 0 saturated carbocycles. The molecule has 1 aromatic rings. The van der Waals surface area contributed by atoms with E-state index in [1.54, 1.807) is 24.1 Å². The number of carbonyl (C=O) groups is 1. The van der Waals surface area contributed by atoms with Crippen molar-refractivity contribution in [3.05, 3.63) is 18.0 Å². The van der Waals surface area contributed by atoms with E-state index in [-0.39, 0.29) is 5.91 Å². The summed E-state index contributed by atoms with van der Waals surface area (Å²) in [6.45, 7) is 3.85. The molecule has 1 aromatic heterocycles. The van der Waals surface area contributed by atoms with Crippen LogP contribution < -0.4 is 11.1 Å². The van der Waals surface area contributed by atoms with E-state index < -0.39 is 6.04 Å². The lowest BCUT2D eigenvalue weighted by Gasteiger charge is -2.10. The first kappa shape index (κ1) is 14.7. The minimum absolute atomic E-state index is 0.206. The number of amides is 1. The van der Waals surface area contributed by atoms with E-state index in [1.165, 1.54) is 0 Å². The number of ether oxygens (including phenoxy) is 1. The molecule has 1 rings (SSSR count). The molecule has 1 amide bonds. The van der Waals surface area contributed by atoms with Gasteiger partial charge in [0.25, 0.3) is 0 Å². The van der Waals surface area contributed by atoms with Crippen molar-refractivity contribution in [3.63, 3.8) is 0 Å². The molecule has 0 aliphatic rings. The van der Waals surface area contributed by atoms with E-state index in [1.807, 2.05) is 0 Å². The van der Waals surface area contributed by atoms with Crippen LogP contribution in [-0.2, 0) is 16.6 Å². The zero-order valence-electron chi connectivity index (χ0n) is 11.1. The van der Waals surface area contributed by atoms with E-state index in [4.69, 9.17) is 10.5 Å². The van der Waals surface area contributed by atoms with Gasteiger partial charge in [0, 0.05) is 32.0 Å². The summed E-state index contributed by atoms with van der Waals surface area (Å²) >= 11 is 0. The van der Waals surface area contributed by atoms with Gasteiger partial charge in [0.1, 0.15) is 6.04 Å². The number of nitrogens with two attached hydrogens (primary N) is 1. The van der Waals surface area contributed by atoms with Gasteiger partial charge < -0.3 is 15.8 Å². The SMILES string of the molecule is CCCCOCCNC(=O)C(N)c1cnn(C)c1. The minimum Gasteiger partial charge on any atom is -0.380 e. The summed E-state index contributed by atoms with van der Waals surface area (Å²) in [5.41, 5.74) is 6.52. The Morgan fingerprint density at radius 2 is 2.39 bits per heavy atom. The van der Waals surface area contributed by atoms with Gasteiger partial charge in [-0.25, -0.2) is 0 Å². The van der Waals surface area contributed by atoms with Gasteiger partial charge in [-0.15, -0.1) is 0 Å². The second-order valence-corrected chi connectivity index (χ2v) is 4.18. The average Bonchev–Trinajstić information content (AvgIpc) is 2.79. The van der Waals surface area contributed by atoms with Crippen molar-refractivity contribution in [2.24, 2.45) is 12.8 Å². The Balaban J connectivity index is 2.20. The average molecular weight is 254 g/mol. The Labute approximate surface area is 107 Å². The molecule has 6 nitrogen and oxygen atoms in total. The molecule has 1 unspecified atom stereocenters. The lowest BCUT2D eigenvalue weighted by atomic mass is 10.1. The van der Waals surface area contributed by atoms with Crippen LogP contribution in [0.2, 0.25) is 0 Å². The van der Waals surface area contributed by atoms with Crippen LogP contribution in [0.4, 0.5) is 0 Å². The van der Waals surface area contributed by atoms with Gasteiger partial charge in [-0.1, -0.05) is 13.3 Å². The highest BCUT2D eigenvalue weighted by Crippen LogP contribution is 2.07. The molecule has 0 radical (unpaired) electrons. The van der Waals surface area contributed by atoms with E-state index >= 15 is 0 Å². The second-order valence-electron chi connectivity index (χ2n) is 4.18. The van der Waals surface area contributed by atoms with Crippen molar-refractivity contribution in [2.75, 3.05) is 19.8 Å². The summed E-state index contributed by atoms with van der Waals surface area (Å²) < 4.78 is 6.96. The van der Waals surface area contributed by atoms with Crippen LogP contribution in [0.25, 0.3) is 0 Å². The predicted molar refractivity (Wildman–Crippen MR) is 68.9 cm³/mol. The van der Waals surface area contributed by atoms with Gasteiger partial charge in [0.15, 0.2) is 0 Å². The molecule has 18 heavy (non-hydrogen) atoms. The summed E-state index contributed by atoms with van der Waals surface area (Å²) in [5.74, 6) is -0.206. The molecule has 0 aliphatic carbocycles. The first-order valence-corrected chi connectivity index (χ1v) is 6.24. The van der Waals surface area contributed by atoms with E-state index in [0.29, 0.717) is 18.7 Å². The van der Waals surface area contributed by atoms with Crippen LogP contribution in [0.15, 0.2) is 12.4 Å². The van der Waals surface area contributed by atoms with Crippen molar-refractivity contribution in [1.29, 1.82) is 0 Å². The van der Waals surface area contributed by atoms with Crippen molar-refractivity contribution >= 4 is 5.91 Å². The van der Waals surface area contributed by atoms with Gasteiger partial charge in [-0.2, -0.15) is 5.10 Å². The fraction of sp³-hybridized carbons (Fsp3) is 0.667. The van der Waals surface area contributed by atoms with Crippen LogP contribution in [-0.4, -0.2) is 35.4 Å². The number of hydrogen-bond donors (Lipinski definition) is 2. The van der Waals surface area contributed by atoms with Crippen LogP contribution in [0.3, 0.4) is 0 Å². The molecule has 0 fully saturated rings. The Bertz CT molecular complexity index is 365. The molecule has 0 saturated heterocycles. The smallest absolute Gasteiger partial charge is 0.241 e. The summed E-state index contributed by atoms with van der Waals surface area (Å²) in [7, 11) is 1.79. The maximum absolute atomic E-state index is 11.7. The van der Waals surface area contributed by atoms with Crippen molar-refractivity contribution < 1.29 is 9.53 Å². The second kappa shape index (κ2) is 7.84. The fourth-order valence-corrected chi connectivity index (χ4v) is 1.46. The van der Waals surface area contributed by atoms with Gasteiger partial charge in [0.2, 0.25) is 5.91 Å². The zero-order chi connectivity index (χ0) is 13.4. The number of aryl methyl sites for hydroxylation is 1. The number of hydrogen-bond acceptors (Lipinski definition) is 4. The first-order chi connectivity index (χ1) is 8.65. The largest absolute Gasteiger partial charge is 0.380 e. The number of nitrogens with one attached hydrogen (secondary N) is 1. The maximum Gasteiger partial charge on any atom is 0.241 e. The molecular weight excluding hydrogens is 232 g/mol. The monoisotopic (exact) mass is 254 g/mol. The van der Waals surface area contributed by atoms with Gasteiger partial charge >= 0.3 is 0 Å². The van der Waals surface area contributed by atoms with Crippen molar-refractivity contribution in [2.45, 2.75) is 25.8 Å². The third kappa shape index (κ3) is 4.85. The van der Waals surface area contributed by atoms with Crippen molar-refractivity contribution in [1.82, 2.24) is 15.1 Å². The quantitative estimate of drug-likeness (QED) is 0.656. The number of rotatable bonds is 8. The van der Waals surface area contributed by atoms with Crippen LogP contribution in [0, 0.1) is 0 Å². The zero-order valence-corrected chi connectivity index (χ0v) is 11.1. The van der Waals surface area contributed by atoms with Crippen LogP contribution in [0.5, 0.6) is 0 Å². The maximum atomic E-state index is 11.7. The molecule has 102 valence electrons. The highest BCUT2D eigenvalue weighted by Gasteiger charge is 2.16. The molecule has 0 aliphatic heterocycles. The molecule has 1 atom stereocenters. The van der Waals surface area contributed by atoms with E-state index in [0.717, 1.165) is 19.4 Å². The molecular formula is C12H22N4O2. The third-order valence-corrected chi connectivity index (χ3v) is 2.55. The van der Waals surface area contributed by atoms with Crippen LogP contribution in [0.1, 0.15) is 31.4 Å². The number of carbonyl (C=O) groups excluding carboxylic acids is 1. The lowest BCUT2D eigenvalue weighted by Crippen LogP contribution is -2.35. The molecule has 6 heteroatoms. The standard InChI is InChI=1S/C12H22N4O2/c1-3-4-6-18-7-5-14-12(17)11(13)10-8-15-16(2)9-10/h8-9,11H,3-7,13H2,1-2H3,(H,14,17). The third-order valence-electron chi connectivity index (χ3n) is 2.55. The molecule has 3 N–H and O–H groups in total. The lowest BCUT2D eigenvalue weighted by molar-refractivity contribution is -0.122. The van der Waals surface area contributed by atoms with Crippen LogP contribution >= 0.6 is 0 Å². The summed E-state index contributed by atoms with van der Waals surface area (Å²) in [4.78, 5) is 11.7. The summed E-state index contributed by atoms with van der Waals surface area (Å²) in [6.07, 6.45) is 5.49. The van der Waals surface area contributed by atoms with Crippen molar-refractivity contribution in [3.8, 4) is 0 Å². The first-order valence-electron chi connectivity index (χ1n) is 6.24. The fourth-order valence-electron chi connectivity index (χ4n) is 1.46. The minimum atomic E-state index is -0.672. The molecule has 0 aromatic carbocycles. The van der Waals surface area contributed by atoms with E-state index in [9.17, 15) is 4.79 Å². The normalized spacial score (nSPS) is 12.4. The topological polar surface area (TPSA) is 82.2 Å². The van der Waals surface area contributed by atoms with Gasteiger partial charge in [0.05, 0.1) is 12.8 Å². The molecule has 0 bridgehead atoms. The Hall–Kier alpha value is -1.40. The number of unbranched alkanes of at least 4 members (excludes halogenated alkanes) is 1.